The van der Waals surface area contributed by atoms with Crippen LogP contribution in [0.2, 0.25) is 0 Å². The third-order valence-electron chi connectivity index (χ3n) is 4.10. The smallest absolute Gasteiger partial charge is 0.237 e. The van der Waals surface area contributed by atoms with Crippen molar-refractivity contribution in [2.45, 2.75) is 64.1 Å². The molecule has 0 saturated heterocycles. The van der Waals surface area contributed by atoms with Gasteiger partial charge >= 0.3 is 0 Å². The van der Waals surface area contributed by atoms with E-state index in [1.807, 2.05) is 11.9 Å². The summed E-state index contributed by atoms with van der Waals surface area (Å²) in [4.78, 5) is 16.5. The summed E-state index contributed by atoms with van der Waals surface area (Å²) < 4.78 is 4.92. The van der Waals surface area contributed by atoms with Gasteiger partial charge in [-0.05, 0) is 33.7 Å². The van der Waals surface area contributed by atoms with E-state index in [-0.39, 0.29) is 11.9 Å². The molecule has 0 heterocycles. The van der Waals surface area contributed by atoms with E-state index in [1.54, 1.807) is 7.11 Å². The van der Waals surface area contributed by atoms with Gasteiger partial charge < -0.3 is 14.7 Å². The zero-order chi connectivity index (χ0) is 15.8. The van der Waals surface area contributed by atoms with Gasteiger partial charge in [-0.25, -0.2) is 0 Å². The number of carbonyl (C=O) groups excluding carboxylic acids is 1. The van der Waals surface area contributed by atoms with Gasteiger partial charge in [-0.3, -0.25) is 9.69 Å². The fourth-order valence-corrected chi connectivity index (χ4v) is 3.25. The van der Waals surface area contributed by atoms with E-state index < -0.39 is 6.10 Å². The van der Waals surface area contributed by atoms with Crippen LogP contribution >= 0.6 is 0 Å². The van der Waals surface area contributed by atoms with Gasteiger partial charge in [0.15, 0.2) is 0 Å². The second kappa shape index (κ2) is 9.38. The third-order valence-corrected chi connectivity index (χ3v) is 4.10. The number of methoxy groups -OCH3 is 1. The predicted octanol–water partition coefficient (Wildman–Crippen LogP) is 1.50. The largest absolute Gasteiger partial charge is 0.389 e. The SMILES string of the molecule is COCC(O)CN(C)CC(=O)N(C(C)C)C1CCCCC1. The number of aliphatic hydroxyl groups excluding tert-OH is 1. The molecular formula is C16H32N2O3. The zero-order valence-electron chi connectivity index (χ0n) is 14.0. The number of hydrogen-bond acceptors (Lipinski definition) is 4. The van der Waals surface area contributed by atoms with Crippen LogP contribution in [0, 0.1) is 0 Å². The van der Waals surface area contributed by atoms with E-state index in [0.717, 1.165) is 12.8 Å². The first-order chi connectivity index (χ1) is 9.95. The molecule has 1 unspecified atom stereocenters. The first-order valence-corrected chi connectivity index (χ1v) is 8.12. The van der Waals surface area contributed by atoms with E-state index in [2.05, 4.69) is 18.7 Å². The van der Waals surface area contributed by atoms with Crippen molar-refractivity contribution in [2.24, 2.45) is 0 Å². The summed E-state index contributed by atoms with van der Waals surface area (Å²) in [7, 11) is 3.44. The van der Waals surface area contributed by atoms with E-state index >= 15 is 0 Å². The minimum absolute atomic E-state index is 0.170. The van der Waals surface area contributed by atoms with Crippen molar-refractivity contribution in [2.75, 3.05) is 33.9 Å². The first kappa shape index (κ1) is 18.4. The fourth-order valence-electron chi connectivity index (χ4n) is 3.25. The zero-order valence-corrected chi connectivity index (χ0v) is 14.0. The lowest BCUT2D eigenvalue weighted by Gasteiger charge is -2.38. The third kappa shape index (κ3) is 6.32. The van der Waals surface area contributed by atoms with Crippen LogP contribution in [0.1, 0.15) is 46.0 Å². The average Bonchev–Trinajstić information content (AvgIpc) is 2.39. The van der Waals surface area contributed by atoms with Crippen LogP contribution in [-0.4, -0.2) is 72.9 Å². The Morgan fingerprint density at radius 1 is 1.29 bits per heavy atom. The van der Waals surface area contributed by atoms with Crippen molar-refractivity contribution >= 4 is 5.91 Å². The maximum atomic E-state index is 12.6. The monoisotopic (exact) mass is 300 g/mol. The van der Waals surface area contributed by atoms with E-state index in [4.69, 9.17) is 4.74 Å². The minimum atomic E-state index is -0.546. The molecule has 5 heteroatoms. The number of carbonyl (C=O) groups is 1. The van der Waals surface area contributed by atoms with Crippen LogP contribution in [-0.2, 0) is 9.53 Å². The molecule has 1 fully saturated rings. The predicted molar refractivity (Wildman–Crippen MR) is 84.2 cm³/mol. The standard InChI is InChI=1S/C16H32N2O3/c1-13(2)18(14-8-6-5-7-9-14)16(20)11-17(3)10-15(19)12-21-4/h13-15,19H,5-12H2,1-4H3. The summed E-state index contributed by atoms with van der Waals surface area (Å²) >= 11 is 0. The molecule has 0 radical (unpaired) electrons. The highest BCUT2D eigenvalue weighted by Crippen LogP contribution is 2.24. The van der Waals surface area contributed by atoms with Gasteiger partial charge in [0.2, 0.25) is 5.91 Å². The molecule has 1 N–H and O–H groups in total. The highest BCUT2D eigenvalue weighted by molar-refractivity contribution is 5.78. The van der Waals surface area contributed by atoms with Gasteiger partial charge in [0.25, 0.3) is 0 Å². The summed E-state index contributed by atoms with van der Waals surface area (Å²) in [5.74, 6) is 0.170. The second-order valence-corrected chi connectivity index (χ2v) is 6.49. The molecule has 0 aromatic rings. The van der Waals surface area contributed by atoms with Gasteiger partial charge in [0, 0.05) is 25.7 Å². The minimum Gasteiger partial charge on any atom is -0.389 e. The van der Waals surface area contributed by atoms with Crippen molar-refractivity contribution < 1.29 is 14.6 Å². The molecule has 0 spiro atoms. The maximum Gasteiger partial charge on any atom is 0.237 e. The van der Waals surface area contributed by atoms with Gasteiger partial charge in [-0.15, -0.1) is 0 Å². The van der Waals surface area contributed by atoms with Crippen molar-refractivity contribution in [1.29, 1.82) is 0 Å². The van der Waals surface area contributed by atoms with Gasteiger partial charge in [0.05, 0.1) is 19.3 Å². The molecule has 1 atom stereocenters. The first-order valence-electron chi connectivity index (χ1n) is 8.12. The maximum absolute atomic E-state index is 12.6. The van der Waals surface area contributed by atoms with E-state index in [1.165, 1.54) is 19.3 Å². The fraction of sp³-hybridized carbons (Fsp3) is 0.938. The summed E-state index contributed by atoms with van der Waals surface area (Å²) in [5, 5.41) is 9.74. The van der Waals surface area contributed by atoms with Crippen LogP contribution in [0.25, 0.3) is 0 Å². The summed E-state index contributed by atoms with van der Waals surface area (Å²) in [6.45, 7) is 5.29. The Balaban J connectivity index is 2.52. The second-order valence-electron chi connectivity index (χ2n) is 6.49. The number of aliphatic hydroxyl groups is 1. The van der Waals surface area contributed by atoms with Crippen LogP contribution in [0.15, 0.2) is 0 Å². The molecule has 1 aliphatic rings. The lowest BCUT2D eigenvalue weighted by molar-refractivity contribution is -0.137. The molecule has 0 aromatic carbocycles. The number of hydrogen-bond donors (Lipinski definition) is 1. The van der Waals surface area contributed by atoms with Gasteiger partial charge in [-0.1, -0.05) is 19.3 Å². The summed E-state index contributed by atoms with van der Waals surface area (Å²) in [5.41, 5.74) is 0. The molecule has 21 heavy (non-hydrogen) atoms. The Bertz CT molecular complexity index is 304. The number of rotatable bonds is 8. The Morgan fingerprint density at radius 2 is 1.90 bits per heavy atom. The number of nitrogens with zero attached hydrogens (tertiary/aromatic N) is 2. The summed E-state index contributed by atoms with van der Waals surface area (Å²) in [6, 6.07) is 0.626. The van der Waals surface area contributed by atoms with Gasteiger partial charge in [0.1, 0.15) is 0 Å². The van der Waals surface area contributed by atoms with Crippen molar-refractivity contribution in [1.82, 2.24) is 9.80 Å². The quantitative estimate of drug-likeness (QED) is 0.738. The normalized spacial score (nSPS) is 18.2. The van der Waals surface area contributed by atoms with E-state index in [0.29, 0.717) is 25.7 Å². The number of ether oxygens (including phenoxy) is 1. The molecule has 0 bridgehead atoms. The molecule has 0 aliphatic heterocycles. The van der Waals surface area contributed by atoms with Crippen LogP contribution in [0.4, 0.5) is 0 Å². The molecule has 5 nitrogen and oxygen atoms in total. The van der Waals surface area contributed by atoms with Crippen molar-refractivity contribution in [3.63, 3.8) is 0 Å². The van der Waals surface area contributed by atoms with Crippen molar-refractivity contribution in [3.8, 4) is 0 Å². The average molecular weight is 300 g/mol. The molecule has 1 rings (SSSR count). The van der Waals surface area contributed by atoms with Gasteiger partial charge in [-0.2, -0.15) is 0 Å². The molecule has 1 amide bonds. The highest BCUT2D eigenvalue weighted by Gasteiger charge is 2.28. The molecule has 124 valence electrons. The Hall–Kier alpha value is -0.650. The lowest BCUT2D eigenvalue weighted by Crippen LogP contribution is -2.50. The van der Waals surface area contributed by atoms with Crippen LogP contribution < -0.4 is 0 Å². The van der Waals surface area contributed by atoms with Crippen molar-refractivity contribution in [3.05, 3.63) is 0 Å². The molecular weight excluding hydrogens is 268 g/mol. The topological polar surface area (TPSA) is 53.0 Å². The molecule has 1 aliphatic carbocycles. The Labute approximate surface area is 129 Å². The van der Waals surface area contributed by atoms with Crippen LogP contribution in [0.3, 0.4) is 0 Å². The number of likely N-dealkylation sites (N-methyl/N-ethyl adjacent to an activating group) is 1. The van der Waals surface area contributed by atoms with E-state index in [9.17, 15) is 9.90 Å². The molecule has 0 aromatic heterocycles. The highest BCUT2D eigenvalue weighted by atomic mass is 16.5. The Morgan fingerprint density at radius 3 is 2.43 bits per heavy atom. The molecule has 1 saturated carbocycles. The number of amides is 1. The Kier molecular flexibility index (Phi) is 8.22. The van der Waals surface area contributed by atoms with Crippen LogP contribution in [0.5, 0.6) is 0 Å². The summed E-state index contributed by atoms with van der Waals surface area (Å²) in [6.07, 6.45) is 5.45. The lowest BCUT2D eigenvalue weighted by atomic mass is 9.93.